The van der Waals surface area contributed by atoms with Crippen LogP contribution in [0.2, 0.25) is 0 Å². The third kappa shape index (κ3) is 8.24. The van der Waals surface area contributed by atoms with Crippen molar-refractivity contribution < 1.29 is 19.8 Å². The van der Waals surface area contributed by atoms with Crippen LogP contribution >= 0.6 is 0 Å². The van der Waals surface area contributed by atoms with Crippen molar-refractivity contribution in [3.8, 4) is 0 Å². The van der Waals surface area contributed by atoms with Gasteiger partial charge in [0.2, 0.25) is 0 Å². The number of carbonyl (C=O) groups excluding carboxylic acids is 2. The smallest absolute Gasteiger partial charge is 0.325 e. The van der Waals surface area contributed by atoms with E-state index in [4.69, 9.17) is 5.73 Å². The van der Waals surface area contributed by atoms with Crippen molar-refractivity contribution in [3.63, 3.8) is 0 Å². The first-order valence-corrected chi connectivity index (χ1v) is 15.4. The minimum absolute atomic E-state index is 0.190. The Balaban J connectivity index is 1.50. The molecule has 2 atom stereocenters. The molecule has 9 heteroatoms. The largest absolute Gasteiger partial charge is 0.393 e. The van der Waals surface area contributed by atoms with Crippen LogP contribution in [0.1, 0.15) is 61.9 Å². The second-order valence-electron chi connectivity index (χ2n) is 12.4. The summed E-state index contributed by atoms with van der Waals surface area (Å²) >= 11 is 0. The number of hydrogen-bond donors (Lipinski definition) is 4. The summed E-state index contributed by atoms with van der Waals surface area (Å²) in [6.07, 6.45) is 7.09. The number of benzene rings is 2. The Bertz CT molecular complexity index is 1480. The van der Waals surface area contributed by atoms with Crippen LogP contribution < -0.4 is 16.0 Å². The van der Waals surface area contributed by atoms with Crippen LogP contribution in [0.4, 0.5) is 10.5 Å². The number of nitrogens with two attached hydrogens (primary N) is 1. The molecule has 1 saturated heterocycles. The normalized spacial score (nSPS) is 16.5. The number of aliphatic hydroxyl groups excluding tert-OH is 1. The van der Waals surface area contributed by atoms with Crippen LogP contribution in [0.5, 0.6) is 0 Å². The van der Waals surface area contributed by atoms with Crippen LogP contribution in [0.3, 0.4) is 0 Å². The van der Waals surface area contributed by atoms with E-state index in [9.17, 15) is 19.8 Å². The zero-order valence-corrected chi connectivity index (χ0v) is 26.4. The van der Waals surface area contributed by atoms with Crippen molar-refractivity contribution >= 4 is 28.4 Å². The second-order valence-corrected chi connectivity index (χ2v) is 12.4. The van der Waals surface area contributed by atoms with Gasteiger partial charge in [0, 0.05) is 48.7 Å². The minimum Gasteiger partial charge on any atom is -0.393 e. The van der Waals surface area contributed by atoms with Gasteiger partial charge in [0.1, 0.15) is 0 Å². The van der Waals surface area contributed by atoms with Crippen LogP contribution in [-0.2, 0) is 0 Å². The fraction of sp³-hybridized carbons (Fsp3) is 0.429. The van der Waals surface area contributed by atoms with Crippen molar-refractivity contribution in [2.45, 2.75) is 63.7 Å². The van der Waals surface area contributed by atoms with Gasteiger partial charge >= 0.3 is 6.03 Å². The molecule has 44 heavy (non-hydrogen) atoms. The molecule has 2 heterocycles. The number of fused-ring (bicyclic) bond motifs is 1. The quantitative estimate of drug-likeness (QED) is 0.176. The van der Waals surface area contributed by atoms with Gasteiger partial charge in [-0.1, -0.05) is 30.8 Å². The fourth-order valence-electron chi connectivity index (χ4n) is 5.93. The zero-order chi connectivity index (χ0) is 32.0. The van der Waals surface area contributed by atoms with Gasteiger partial charge in [-0.25, -0.2) is 4.79 Å². The number of rotatable bonds is 12. The summed E-state index contributed by atoms with van der Waals surface area (Å²) in [5, 5.41) is 23.7. The number of β-amino-alcohol motifs (C(OH)–C–C–N with tert-alkyl or cyclic N) is 1. The lowest BCUT2D eigenvalue weighted by molar-refractivity contribution is 0.0282. The third-order valence-corrected chi connectivity index (χ3v) is 8.23. The van der Waals surface area contributed by atoms with E-state index >= 15 is 0 Å². The number of aliphatic hydroxyl groups is 2. The number of Topliss-reactive ketones (excluding diaryl/α,β-unsaturated/α-hetero) is 1. The molecule has 1 aliphatic heterocycles. The standard InChI is InChI=1S/C35H47N5O4/c1-6-29(39(19-13-24(2)41)30-11-12-32-28(21-30)16-20-40(32)34(43)37-5)22-31(36)33(42)27-9-7-25(8-10-27)26-14-17-38(18-15-26)23-35(3,4)44/h6-12,16,20-22,24,26,31,41,44H,1,13-15,17-19,23,36H2,2-5H3,(H,37,43)/b29-22+/t24-,31?/m1/s1. The first-order chi connectivity index (χ1) is 20.9. The summed E-state index contributed by atoms with van der Waals surface area (Å²) in [5.41, 5.74) is 9.78. The minimum atomic E-state index is -0.897. The number of likely N-dealkylation sites (tertiary alicyclic amines) is 1. The Morgan fingerprint density at radius 3 is 2.43 bits per heavy atom. The average molecular weight is 602 g/mol. The lowest BCUT2D eigenvalue weighted by atomic mass is 9.88. The lowest BCUT2D eigenvalue weighted by Gasteiger charge is -2.35. The topological polar surface area (TPSA) is 124 Å². The van der Waals surface area contributed by atoms with E-state index in [1.54, 1.807) is 36.9 Å². The number of aromatic nitrogens is 1. The van der Waals surface area contributed by atoms with Crippen LogP contribution in [-0.4, -0.2) is 82.5 Å². The molecule has 0 bridgehead atoms. The van der Waals surface area contributed by atoms with E-state index in [-0.39, 0.29) is 11.8 Å². The molecule has 0 aliphatic carbocycles. The van der Waals surface area contributed by atoms with Gasteiger partial charge in [-0.05, 0) is 101 Å². The number of piperidine rings is 1. The summed E-state index contributed by atoms with van der Waals surface area (Å²) in [5.74, 6) is 0.232. The predicted octanol–water partition coefficient (Wildman–Crippen LogP) is 4.64. The number of ketones is 1. The molecule has 3 aromatic rings. The zero-order valence-electron chi connectivity index (χ0n) is 26.4. The Morgan fingerprint density at radius 2 is 1.84 bits per heavy atom. The van der Waals surface area contributed by atoms with Crippen molar-refractivity contribution in [3.05, 3.63) is 90.3 Å². The van der Waals surface area contributed by atoms with Gasteiger partial charge in [-0.15, -0.1) is 0 Å². The maximum atomic E-state index is 13.4. The molecule has 236 valence electrons. The predicted molar refractivity (Wildman–Crippen MR) is 177 cm³/mol. The fourth-order valence-corrected chi connectivity index (χ4v) is 5.93. The van der Waals surface area contributed by atoms with E-state index in [2.05, 4.69) is 16.8 Å². The molecule has 1 fully saturated rings. The number of nitrogens with zero attached hydrogens (tertiary/aromatic N) is 3. The van der Waals surface area contributed by atoms with Gasteiger partial charge in [-0.2, -0.15) is 0 Å². The van der Waals surface area contributed by atoms with Crippen LogP contribution in [0.15, 0.2) is 79.2 Å². The highest BCUT2D eigenvalue weighted by Gasteiger charge is 2.25. The monoisotopic (exact) mass is 601 g/mol. The highest BCUT2D eigenvalue weighted by atomic mass is 16.3. The molecule has 4 rings (SSSR count). The van der Waals surface area contributed by atoms with Gasteiger partial charge in [0.15, 0.2) is 5.78 Å². The van der Waals surface area contributed by atoms with E-state index in [0.29, 0.717) is 36.7 Å². The number of nitrogens with one attached hydrogen (secondary N) is 1. The van der Waals surface area contributed by atoms with E-state index < -0.39 is 17.7 Å². The molecule has 1 amide bonds. The molecule has 2 aromatic carbocycles. The second kappa shape index (κ2) is 14.3. The molecule has 0 saturated carbocycles. The number of hydrogen-bond acceptors (Lipinski definition) is 7. The Morgan fingerprint density at radius 1 is 1.16 bits per heavy atom. The lowest BCUT2D eigenvalue weighted by Crippen LogP contribution is -2.42. The van der Waals surface area contributed by atoms with Crippen molar-refractivity contribution in [1.82, 2.24) is 14.8 Å². The Hall–Kier alpha value is -3.76. The highest BCUT2D eigenvalue weighted by Crippen LogP contribution is 2.30. The van der Waals surface area contributed by atoms with Crippen molar-refractivity contribution in [2.75, 3.05) is 38.1 Å². The van der Waals surface area contributed by atoms with Gasteiger partial charge in [0.25, 0.3) is 0 Å². The van der Waals surface area contributed by atoms with Gasteiger partial charge in [-0.3, -0.25) is 9.36 Å². The molecule has 1 unspecified atom stereocenters. The number of anilines is 1. The molecular formula is C35H47N5O4. The Labute approximate surface area is 260 Å². The highest BCUT2D eigenvalue weighted by molar-refractivity contribution is 6.01. The molecule has 9 nitrogen and oxygen atoms in total. The van der Waals surface area contributed by atoms with Gasteiger partial charge < -0.3 is 31.1 Å². The summed E-state index contributed by atoms with van der Waals surface area (Å²) in [4.78, 5) is 29.9. The van der Waals surface area contributed by atoms with Crippen molar-refractivity contribution in [1.29, 1.82) is 0 Å². The van der Waals surface area contributed by atoms with Crippen LogP contribution in [0, 0.1) is 0 Å². The maximum absolute atomic E-state index is 13.4. The third-order valence-electron chi connectivity index (χ3n) is 8.23. The molecule has 0 radical (unpaired) electrons. The van der Waals surface area contributed by atoms with E-state index in [0.717, 1.165) is 42.5 Å². The molecule has 0 spiro atoms. The molecule has 1 aromatic heterocycles. The number of amides is 1. The van der Waals surface area contributed by atoms with E-state index in [1.165, 1.54) is 5.56 Å². The molecule has 5 N–H and O–H groups in total. The van der Waals surface area contributed by atoms with Gasteiger partial charge in [0.05, 0.1) is 23.3 Å². The summed E-state index contributed by atoms with van der Waals surface area (Å²) in [7, 11) is 1.59. The maximum Gasteiger partial charge on any atom is 0.325 e. The summed E-state index contributed by atoms with van der Waals surface area (Å²) in [6, 6.07) is 14.3. The molecular weight excluding hydrogens is 554 g/mol. The number of allylic oxidation sites excluding steroid dienone is 1. The Kier molecular flexibility index (Phi) is 10.8. The summed E-state index contributed by atoms with van der Waals surface area (Å²) < 4.78 is 1.55. The van der Waals surface area contributed by atoms with Crippen molar-refractivity contribution in [2.24, 2.45) is 5.73 Å². The first kappa shape index (κ1) is 33.1. The van der Waals surface area contributed by atoms with Crippen LogP contribution in [0.25, 0.3) is 10.9 Å². The average Bonchev–Trinajstić information content (AvgIpc) is 3.42. The molecule has 1 aliphatic rings. The first-order valence-electron chi connectivity index (χ1n) is 15.4. The number of carbonyl (C=O) groups is 2. The summed E-state index contributed by atoms with van der Waals surface area (Å²) in [6.45, 7) is 12.4. The van der Waals surface area contributed by atoms with E-state index in [1.807, 2.05) is 67.3 Å². The SMILES string of the molecule is C=C/C(=C\C(N)C(=O)c1ccc(C2CCN(CC(C)(C)O)CC2)cc1)N(CC[C@@H](C)O)c1ccc2c(ccn2C(=O)NC)c1.